The highest BCUT2D eigenvalue weighted by Crippen LogP contribution is 3.02. The Morgan fingerprint density at radius 1 is 1.14 bits per heavy atom. The first-order valence-corrected chi connectivity index (χ1v) is 7.18. The van der Waals surface area contributed by atoms with E-state index in [1.165, 1.54) is 7.05 Å². The fourth-order valence-electron chi connectivity index (χ4n) is 1.50. The molecular weight excluding hydrogens is 324 g/mol. The minimum absolute atomic E-state index is 0.0928. The lowest BCUT2D eigenvalue weighted by Gasteiger charge is -2.40. The van der Waals surface area contributed by atoms with Crippen molar-refractivity contribution in [1.82, 2.24) is 14.8 Å². The fraction of sp³-hybridized carbons (Fsp3) is 0.111. The summed E-state index contributed by atoms with van der Waals surface area (Å²) in [5, 5.41) is 5.83. The Morgan fingerprint density at radius 2 is 1.76 bits per heavy atom. The molecule has 0 spiro atoms. The SMILES string of the molecule is Cn1nc(N)nc1Nc1cc(F)cc(S(F)(F)(F)(F)F)c1. The Kier molecular flexibility index (Phi) is 2.73. The number of aryl methyl sites for hydroxylation is 1. The molecule has 5 nitrogen and oxygen atoms in total. The van der Waals surface area contributed by atoms with E-state index in [4.69, 9.17) is 5.73 Å². The molecule has 0 fully saturated rings. The molecule has 0 amide bonds. The Hall–Kier alpha value is -2.11. The zero-order valence-electron chi connectivity index (χ0n) is 10.3. The molecule has 0 radical (unpaired) electrons. The van der Waals surface area contributed by atoms with Gasteiger partial charge in [0.05, 0.1) is 0 Å². The van der Waals surface area contributed by atoms with Crippen LogP contribution in [0.15, 0.2) is 23.1 Å². The molecule has 0 saturated heterocycles. The van der Waals surface area contributed by atoms with E-state index in [2.05, 4.69) is 15.4 Å². The Bertz CT molecular complexity index is 709. The summed E-state index contributed by atoms with van der Waals surface area (Å²) in [6, 6.07) is 0.436. The van der Waals surface area contributed by atoms with Crippen LogP contribution in [0.2, 0.25) is 0 Å². The lowest BCUT2D eigenvalue weighted by molar-refractivity contribution is 0.363. The third kappa shape index (κ3) is 3.51. The summed E-state index contributed by atoms with van der Waals surface area (Å²) < 4.78 is 77.7. The van der Waals surface area contributed by atoms with E-state index in [1.54, 1.807) is 0 Å². The molecule has 0 aliphatic carbocycles. The number of nitrogens with two attached hydrogens (primary N) is 1. The summed E-state index contributed by atoms with van der Waals surface area (Å²) in [5.74, 6) is -1.80. The Balaban J connectivity index is 2.48. The second kappa shape index (κ2) is 3.75. The highest BCUT2D eigenvalue weighted by molar-refractivity contribution is 8.45. The van der Waals surface area contributed by atoms with Crippen LogP contribution in [-0.2, 0) is 7.05 Å². The van der Waals surface area contributed by atoms with Crippen LogP contribution >= 0.6 is 10.2 Å². The van der Waals surface area contributed by atoms with Crippen molar-refractivity contribution in [3.63, 3.8) is 0 Å². The highest BCUT2D eigenvalue weighted by atomic mass is 32.5. The molecule has 12 heteroatoms. The van der Waals surface area contributed by atoms with Crippen LogP contribution in [0, 0.1) is 5.82 Å². The molecule has 0 aliphatic heterocycles. The van der Waals surface area contributed by atoms with Gasteiger partial charge < -0.3 is 11.1 Å². The van der Waals surface area contributed by atoms with Crippen molar-refractivity contribution in [1.29, 1.82) is 0 Å². The van der Waals surface area contributed by atoms with E-state index in [0.29, 0.717) is 6.07 Å². The molecule has 1 aromatic carbocycles. The molecule has 2 aromatic rings. The van der Waals surface area contributed by atoms with Crippen molar-refractivity contribution >= 4 is 27.8 Å². The van der Waals surface area contributed by atoms with Gasteiger partial charge in [-0.15, -0.1) is 5.10 Å². The van der Waals surface area contributed by atoms with Crippen LogP contribution < -0.4 is 11.1 Å². The minimum Gasteiger partial charge on any atom is -0.366 e. The lowest BCUT2D eigenvalue weighted by atomic mass is 10.3. The number of rotatable bonds is 3. The van der Waals surface area contributed by atoms with Gasteiger partial charge in [0.25, 0.3) is 0 Å². The largest absolute Gasteiger partial charge is 0.366 e. The first-order valence-electron chi connectivity index (χ1n) is 5.23. The highest BCUT2D eigenvalue weighted by Gasteiger charge is 2.65. The van der Waals surface area contributed by atoms with Crippen molar-refractivity contribution in [3.05, 3.63) is 24.0 Å². The molecule has 0 unspecified atom stereocenters. The zero-order valence-corrected chi connectivity index (χ0v) is 11.1. The molecular formula is C9H9F6N5S. The van der Waals surface area contributed by atoms with E-state index < -0.39 is 26.6 Å². The second-order valence-electron chi connectivity index (χ2n) is 4.19. The van der Waals surface area contributed by atoms with Crippen LogP contribution in [0.3, 0.4) is 0 Å². The topological polar surface area (TPSA) is 68.8 Å². The Morgan fingerprint density at radius 3 is 2.24 bits per heavy atom. The summed E-state index contributed by atoms with van der Waals surface area (Å²) in [4.78, 5) is 1.26. The van der Waals surface area contributed by atoms with Gasteiger partial charge in [-0.1, -0.05) is 19.4 Å². The maximum atomic E-state index is 13.2. The van der Waals surface area contributed by atoms with Gasteiger partial charge in [-0.05, 0) is 18.2 Å². The molecule has 0 saturated carbocycles. The number of nitrogens with zero attached hydrogens (tertiary/aromatic N) is 3. The lowest BCUT2D eigenvalue weighted by Crippen LogP contribution is -2.08. The molecule has 0 bridgehead atoms. The molecule has 0 atom stereocenters. The summed E-state index contributed by atoms with van der Waals surface area (Å²) in [6.07, 6.45) is 0. The number of benzene rings is 1. The van der Waals surface area contributed by atoms with Gasteiger partial charge in [0, 0.05) is 12.7 Å². The van der Waals surface area contributed by atoms with Gasteiger partial charge in [-0.2, -0.15) is 4.98 Å². The molecule has 3 N–H and O–H groups in total. The maximum absolute atomic E-state index is 13.2. The molecule has 118 valence electrons. The number of nitrogens with one attached hydrogen (secondary N) is 1. The van der Waals surface area contributed by atoms with E-state index >= 15 is 0 Å². The van der Waals surface area contributed by atoms with Crippen LogP contribution in [0.4, 0.5) is 41.4 Å². The summed E-state index contributed by atoms with van der Waals surface area (Å²) in [6.45, 7) is 0. The van der Waals surface area contributed by atoms with Gasteiger partial charge in [-0.25, -0.2) is 9.07 Å². The Labute approximate surface area is 114 Å². The van der Waals surface area contributed by atoms with Gasteiger partial charge in [0.15, 0.2) is 0 Å². The van der Waals surface area contributed by atoms with E-state index in [1.807, 2.05) is 0 Å². The molecule has 1 heterocycles. The number of hydrogen-bond donors (Lipinski definition) is 2. The minimum atomic E-state index is -9.98. The predicted molar refractivity (Wildman–Crippen MR) is 66.5 cm³/mol. The summed E-state index contributed by atoms with van der Waals surface area (Å²) in [5.41, 5.74) is 4.69. The normalized spacial score (nSPS) is 15.4. The van der Waals surface area contributed by atoms with Crippen LogP contribution in [0.5, 0.6) is 0 Å². The number of aromatic nitrogens is 3. The van der Waals surface area contributed by atoms with Gasteiger partial charge in [-0.3, -0.25) is 0 Å². The second-order valence-corrected chi connectivity index (χ2v) is 6.60. The van der Waals surface area contributed by atoms with Crippen molar-refractivity contribution in [3.8, 4) is 0 Å². The predicted octanol–water partition coefficient (Wildman–Crippen LogP) is 3.94. The maximum Gasteiger partial charge on any atom is 0.310 e. The number of halogens is 6. The molecule has 2 rings (SSSR count). The number of hydrogen-bond acceptors (Lipinski definition) is 4. The van der Waals surface area contributed by atoms with Gasteiger partial charge >= 0.3 is 10.2 Å². The third-order valence-electron chi connectivity index (χ3n) is 2.35. The number of anilines is 3. The van der Waals surface area contributed by atoms with E-state index in [9.17, 15) is 23.8 Å². The standard InChI is InChI=1S/C9H9F6N5S/c1-20-9(18-8(16)19-20)17-6-2-5(10)3-7(4-6)21(11,12,13,14)15/h2-4H,1H3,(H3,16,17,18,19). The summed E-state index contributed by atoms with van der Waals surface area (Å²) in [7, 11) is -8.62. The molecule has 21 heavy (non-hydrogen) atoms. The average molecular weight is 333 g/mol. The van der Waals surface area contributed by atoms with Crippen molar-refractivity contribution in [2.75, 3.05) is 11.1 Å². The van der Waals surface area contributed by atoms with Crippen molar-refractivity contribution in [2.24, 2.45) is 7.05 Å². The smallest absolute Gasteiger partial charge is 0.310 e. The van der Waals surface area contributed by atoms with E-state index in [0.717, 1.165) is 4.68 Å². The first kappa shape index (κ1) is 15.3. The average Bonchev–Trinajstić information content (AvgIpc) is 2.53. The van der Waals surface area contributed by atoms with Crippen LogP contribution in [-0.4, -0.2) is 14.8 Å². The van der Waals surface area contributed by atoms with Crippen LogP contribution in [0.25, 0.3) is 0 Å². The molecule has 1 aromatic heterocycles. The van der Waals surface area contributed by atoms with Gasteiger partial charge in [0.1, 0.15) is 10.7 Å². The van der Waals surface area contributed by atoms with Gasteiger partial charge in [0.2, 0.25) is 11.9 Å². The van der Waals surface area contributed by atoms with Crippen molar-refractivity contribution < 1.29 is 23.8 Å². The zero-order chi connectivity index (χ0) is 16.1. The van der Waals surface area contributed by atoms with Crippen LogP contribution in [0.1, 0.15) is 0 Å². The number of nitrogen functional groups attached to an aromatic ring is 1. The fourth-order valence-corrected chi connectivity index (χ4v) is 2.18. The van der Waals surface area contributed by atoms with E-state index in [-0.39, 0.29) is 24.0 Å². The van der Waals surface area contributed by atoms with Crippen molar-refractivity contribution in [2.45, 2.75) is 4.90 Å². The first-order chi connectivity index (χ1) is 9.24. The molecule has 0 aliphatic rings. The monoisotopic (exact) mass is 333 g/mol. The quantitative estimate of drug-likeness (QED) is 0.835. The summed E-state index contributed by atoms with van der Waals surface area (Å²) >= 11 is 0. The third-order valence-corrected chi connectivity index (χ3v) is 3.48.